The fourth-order valence-corrected chi connectivity index (χ4v) is 1.68. The zero-order chi connectivity index (χ0) is 10.4. The van der Waals surface area contributed by atoms with Gasteiger partial charge in [0, 0.05) is 11.4 Å². The number of carbonyl (C=O) groups excluding carboxylic acids is 1. The minimum Gasteiger partial charge on any atom is -0.462 e. The minimum absolute atomic E-state index is 0.0361. The van der Waals surface area contributed by atoms with Crippen molar-refractivity contribution in [1.29, 1.82) is 0 Å². The average Bonchev–Trinajstić information content (AvgIpc) is 2.55. The Hall–Kier alpha value is -0.870. The van der Waals surface area contributed by atoms with Crippen LogP contribution in [0.4, 0.5) is 0 Å². The highest BCUT2D eigenvalue weighted by atomic mass is 32.1. The van der Waals surface area contributed by atoms with Crippen molar-refractivity contribution in [3.8, 4) is 0 Å². The van der Waals surface area contributed by atoms with Gasteiger partial charge in [0.1, 0.15) is 0 Å². The molecule has 1 N–H and O–H groups in total. The lowest BCUT2D eigenvalue weighted by Crippen LogP contribution is -2.25. The maximum absolute atomic E-state index is 11.1. The molecule has 0 spiro atoms. The van der Waals surface area contributed by atoms with E-state index in [9.17, 15) is 4.79 Å². The van der Waals surface area contributed by atoms with Gasteiger partial charge in [0.05, 0.1) is 12.6 Å². The molecule has 0 aliphatic heterocycles. The summed E-state index contributed by atoms with van der Waals surface area (Å²) in [5.74, 6) is -0.198. The van der Waals surface area contributed by atoms with Crippen molar-refractivity contribution in [2.24, 2.45) is 0 Å². The smallest absolute Gasteiger partial charge is 0.320 e. The predicted octanol–water partition coefficient (Wildman–Crippen LogP) is 1.79. The van der Waals surface area contributed by atoms with Gasteiger partial charge in [-0.25, -0.2) is 0 Å². The molecule has 3 nitrogen and oxygen atoms in total. The van der Waals surface area contributed by atoms with Crippen molar-refractivity contribution in [3.05, 3.63) is 22.4 Å². The fourth-order valence-electron chi connectivity index (χ4n) is 1.01. The van der Waals surface area contributed by atoms with Crippen molar-refractivity contribution in [1.82, 2.24) is 5.32 Å². The molecule has 78 valence electrons. The summed E-state index contributed by atoms with van der Waals surface area (Å²) in [5, 5.41) is 5.05. The molecule has 0 saturated carbocycles. The van der Waals surface area contributed by atoms with Crippen LogP contribution in [0.1, 0.15) is 18.7 Å². The van der Waals surface area contributed by atoms with E-state index in [1.165, 1.54) is 4.88 Å². The summed E-state index contributed by atoms with van der Waals surface area (Å²) < 4.78 is 4.97. The van der Waals surface area contributed by atoms with Crippen LogP contribution in [0, 0.1) is 0 Å². The van der Waals surface area contributed by atoms with Crippen LogP contribution in [-0.4, -0.2) is 18.6 Å². The molecular weight excluding hydrogens is 198 g/mol. The number of carbonyl (C=O) groups is 1. The first-order chi connectivity index (χ1) is 6.68. The predicted molar refractivity (Wildman–Crippen MR) is 57.3 cm³/mol. The van der Waals surface area contributed by atoms with Gasteiger partial charge < -0.3 is 10.1 Å². The van der Waals surface area contributed by atoms with Crippen molar-refractivity contribution < 1.29 is 9.53 Å². The maximum atomic E-state index is 11.1. The highest BCUT2D eigenvalue weighted by Crippen LogP contribution is 2.06. The number of esters is 1. The molecule has 0 atom stereocenters. The lowest BCUT2D eigenvalue weighted by molar-refractivity contribution is -0.146. The van der Waals surface area contributed by atoms with Crippen molar-refractivity contribution in [2.45, 2.75) is 26.5 Å². The molecule has 1 aromatic heterocycles. The van der Waals surface area contributed by atoms with Crippen molar-refractivity contribution in [3.63, 3.8) is 0 Å². The maximum Gasteiger partial charge on any atom is 0.320 e. The van der Waals surface area contributed by atoms with Crippen LogP contribution < -0.4 is 5.32 Å². The van der Waals surface area contributed by atoms with Gasteiger partial charge in [-0.05, 0) is 25.3 Å². The monoisotopic (exact) mass is 213 g/mol. The lowest BCUT2D eigenvalue weighted by Gasteiger charge is -2.07. The summed E-state index contributed by atoms with van der Waals surface area (Å²) in [4.78, 5) is 12.3. The van der Waals surface area contributed by atoms with Crippen molar-refractivity contribution in [2.75, 3.05) is 6.54 Å². The van der Waals surface area contributed by atoms with E-state index in [2.05, 4.69) is 5.32 Å². The second-order valence-corrected chi connectivity index (χ2v) is 4.25. The molecule has 0 aliphatic carbocycles. The Morgan fingerprint density at radius 2 is 2.43 bits per heavy atom. The molecule has 1 aromatic rings. The number of ether oxygens (including phenoxy) is 1. The first-order valence-electron chi connectivity index (χ1n) is 4.61. The number of thiophene rings is 1. The van der Waals surface area contributed by atoms with E-state index >= 15 is 0 Å². The standard InChI is InChI=1S/C10H15NO2S/c1-8(2)13-10(12)7-11-6-9-4-3-5-14-9/h3-5,8,11H,6-7H2,1-2H3. The third kappa shape index (κ3) is 4.39. The summed E-state index contributed by atoms with van der Waals surface area (Å²) in [6.07, 6.45) is -0.0361. The van der Waals surface area contributed by atoms with E-state index in [-0.39, 0.29) is 18.6 Å². The molecule has 0 bridgehead atoms. The van der Waals surface area contributed by atoms with Gasteiger partial charge in [0.2, 0.25) is 0 Å². The number of hydrogen-bond donors (Lipinski definition) is 1. The van der Waals surface area contributed by atoms with E-state index in [0.717, 1.165) is 6.54 Å². The molecule has 0 unspecified atom stereocenters. The van der Waals surface area contributed by atoms with E-state index in [1.807, 2.05) is 31.4 Å². The topological polar surface area (TPSA) is 38.3 Å². The summed E-state index contributed by atoms with van der Waals surface area (Å²) in [5.41, 5.74) is 0. The fraction of sp³-hybridized carbons (Fsp3) is 0.500. The Balaban J connectivity index is 2.12. The molecule has 4 heteroatoms. The van der Waals surface area contributed by atoms with Crippen LogP contribution in [0.15, 0.2) is 17.5 Å². The van der Waals surface area contributed by atoms with Crippen molar-refractivity contribution >= 4 is 17.3 Å². The van der Waals surface area contributed by atoms with Crippen LogP contribution in [0.2, 0.25) is 0 Å². The summed E-state index contributed by atoms with van der Waals surface area (Å²) >= 11 is 1.67. The molecule has 0 aliphatic rings. The summed E-state index contributed by atoms with van der Waals surface area (Å²) in [7, 11) is 0. The Bertz CT molecular complexity index is 270. The molecule has 1 heterocycles. The molecule has 0 fully saturated rings. The largest absolute Gasteiger partial charge is 0.462 e. The zero-order valence-electron chi connectivity index (χ0n) is 8.45. The molecule has 0 amide bonds. The normalized spacial score (nSPS) is 10.5. The van der Waals surface area contributed by atoms with Gasteiger partial charge in [0.15, 0.2) is 0 Å². The van der Waals surface area contributed by atoms with Gasteiger partial charge in [-0.15, -0.1) is 11.3 Å². The number of nitrogens with one attached hydrogen (secondary N) is 1. The summed E-state index contributed by atoms with van der Waals surface area (Å²) in [6.45, 7) is 4.69. The molecule has 14 heavy (non-hydrogen) atoms. The number of rotatable bonds is 5. The first kappa shape index (κ1) is 11.2. The SMILES string of the molecule is CC(C)OC(=O)CNCc1cccs1. The van der Waals surface area contributed by atoms with E-state index in [4.69, 9.17) is 4.74 Å². The van der Waals surface area contributed by atoms with Gasteiger partial charge in [-0.1, -0.05) is 6.07 Å². The summed E-state index contributed by atoms with van der Waals surface area (Å²) in [6, 6.07) is 4.03. The van der Waals surface area contributed by atoms with Crippen LogP contribution >= 0.6 is 11.3 Å². The Labute approximate surface area is 88.1 Å². The van der Waals surface area contributed by atoms with Gasteiger partial charge in [-0.2, -0.15) is 0 Å². The second kappa shape index (κ2) is 5.78. The molecule has 0 saturated heterocycles. The van der Waals surface area contributed by atoms with E-state index < -0.39 is 0 Å². The molecule has 0 radical (unpaired) electrons. The highest BCUT2D eigenvalue weighted by molar-refractivity contribution is 7.09. The molecule has 1 rings (SSSR count). The Morgan fingerprint density at radius 3 is 3.00 bits per heavy atom. The van der Waals surface area contributed by atoms with Gasteiger partial charge in [-0.3, -0.25) is 4.79 Å². The Kier molecular flexibility index (Phi) is 4.62. The number of hydrogen-bond acceptors (Lipinski definition) is 4. The highest BCUT2D eigenvalue weighted by Gasteiger charge is 2.04. The van der Waals surface area contributed by atoms with Crippen LogP contribution in [0.25, 0.3) is 0 Å². The quantitative estimate of drug-likeness (QED) is 0.758. The van der Waals surface area contributed by atoms with Gasteiger partial charge >= 0.3 is 5.97 Å². The minimum atomic E-state index is -0.198. The zero-order valence-corrected chi connectivity index (χ0v) is 9.26. The van der Waals surface area contributed by atoms with E-state index in [0.29, 0.717) is 0 Å². The average molecular weight is 213 g/mol. The second-order valence-electron chi connectivity index (χ2n) is 3.22. The third-order valence-corrected chi connectivity index (χ3v) is 2.39. The van der Waals surface area contributed by atoms with Crippen LogP contribution in [0.5, 0.6) is 0 Å². The lowest BCUT2D eigenvalue weighted by atomic mass is 10.4. The van der Waals surface area contributed by atoms with Crippen LogP contribution in [-0.2, 0) is 16.1 Å². The Morgan fingerprint density at radius 1 is 1.64 bits per heavy atom. The molecule has 0 aromatic carbocycles. The van der Waals surface area contributed by atoms with E-state index in [1.54, 1.807) is 11.3 Å². The first-order valence-corrected chi connectivity index (χ1v) is 5.49. The third-order valence-electron chi connectivity index (χ3n) is 1.52. The van der Waals surface area contributed by atoms with Crippen LogP contribution in [0.3, 0.4) is 0 Å². The van der Waals surface area contributed by atoms with Gasteiger partial charge in [0.25, 0.3) is 0 Å². The molecular formula is C10H15NO2S.